The largest absolute Gasteiger partial charge is 0.352 e. The highest BCUT2D eigenvalue weighted by molar-refractivity contribution is 5.76. The van der Waals surface area contributed by atoms with Crippen LogP contribution in [0.3, 0.4) is 0 Å². The first kappa shape index (κ1) is 19.2. The second-order valence-corrected chi connectivity index (χ2v) is 7.60. The summed E-state index contributed by atoms with van der Waals surface area (Å²) in [4.78, 5) is 30.6. The molecule has 0 saturated carbocycles. The van der Waals surface area contributed by atoms with Crippen LogP contribution in [0.2, 0.25) is 0 Å². The molecular weight excluding hydrogens is 390 g/mol. The lowest BCUT2D eigenvalue weighted by molar-refractivity contribution is 0.594. The maximum absolute atomic E-state index is 12.3. The lowest BCUT2D eigenvalue weighted by Gasteiger charge is -2.36. The third-order valence-electron chi connectivity index (χ3n) is 5.51. The number of para-hydroxylation sites is 2. The molecule has 156 valence electrons. The molecule has 4 heterocycles. The van der Waals surface area contributed by atoms with Crippen LogP contribution in [0.5, 0.6) is 0 Å². The lowest BCUT2D eigenvalue weighted by Crippen LogP contribution is -2.47. The molecule has 0 atom stereocenters. The minimum atomic E-state index is -0.130. The molecule has 0 spiro atoms. The van der Waals surface area contributed by atoms with E-state index < -0.39 is 0 Å². The number of fused-ring (bicyclic) bond motifs is 1. The van der Waals surface area contributed by atoms with Crippen LogP contribution in [-0.4, -0.2) is 50.9 Å². The summed E-state index contributed by atoms with van der Waals surface area (Å²) in [5, 5.41) is 4.59. The zero-order valence-corrected chi connectivity index (χ0v) is 17.3. The molecule has 0 unspecified atom stereocenters. The summed E-state index contributed by atoms with van der Waals surface area (Å²) in [5.41, 5.74) is 3.45. The fourth-order valence-corrected chi connectivity index (χ4v) is 3.89. The Kier molecular flexibility index (Phi) is 5.03. The Morgan fingerprint density at radius 1 is 0.839 bits per heavy atom. The molecule has 0 bridgehead atoms. The fourth-order valence-electron chi connectivity index (χ4n) is 3.89. The molecule has 5 rings (SSSR count). The molecule has 4 aromatic rings. The summed E-state index contributed by atoms with van der Waals surface area (Å²) in [6, 6.07) is 17.0. The van der Waals surface area contributed by atoms with E-state index in [9.17, 15) is 4.79 Å². The standard InChI is InChI=1S/C23H23N7O/c1-17-23(26-20-8-3-2-7-19(20)25-17)29-14-12-28(13-15-29)21-9-10-22(31)30(27-21)16-18-6-4-5-11-24-18/h2-11H,12-16H2,1H3. The number of rotatable bonds is 4. The van der Waals surface area contributed by atoms with Crippen molar-refractivity contribution in [2.75, 3.05) is 36.0 Å². The minimum absolute atomic E-state index is 0.130. The summed E-state index contributed by atoms with van der Waals surface area (Å²) < 4.78 is 1.48. The maximum Gasteiger partial charge on any atom is 0.267 e. The number of aromatic nitrogens is 5. The van der Waals surface area contributed by atoms with E-state index in [1.807, 2.05) is 49.4 Å². The Bertz CT molecular complexity index is 1260. The number of benzene rings is 1. The Labute approximate surface area is 179 Å². The van der Waals surface area contributed by atoms with E-state index in [0.717, 1.165) is 60.2 Å². The first-order valence-corrected chi connectivity index (χ1v) is 10.4. The Hall–Kier alpha value is -3.81. The Morgan fingerprint density at radius 2 is 1.55 bits per heavy atom. The van der Waals surface area contributed by atoms with Crippen LogP contribution in [0.25, 0.3) is 11.0 Å². The molecule has 1 aromatic carbocycles. The van der Waals surface area contributed by atoms with Crippen LogP contribution in [0.15, 0.2) is 65.6 Å². The van der Waals surface area contributed by atoms with Crippen LogP contribution in [0.1, 0.15) is 11.4 Å². The van der Waals surface area contributed by atoms with E-state index in [2.05, 4.69) is 19.9 Å². The van der Waals surface area contributed by atoms with Crippen LogP contribution < -0.4 is 15.4 Å². The number of pyridine rings is 1. The molecule has 1 fully saturated rings. The van der Waals surface area contributed by atoms with Gasteiger partial charge in [0, 0.05) is 38.4 Å². The van der Waals surface area contributed by atoms with Crippen molar-refractivity contribution in [1.29, 1.82) is 0 Å². The van der Waals surface area contributed by atoms with Gasteiger partial charge in [0.25, 0.3) is 5.56 Å². The van der Waals surface area contributed by atoms with Gasteiger partial charge >= 0.3 is 0 Å². The molecule has 8 nitrogen and oxygen atoms in total. The summed E-state index contributed by atoms with van der Waals surface area (Å²) in [7, 11) is 0. The number of aryl methyl sites for hydroxylation is 1. The van der Waals surface area contributed by atoms with Gasteiger partial charge in [-0.2, -0.15) is 5.10 Å². The molecule has 0 N–H and O–H groups in total. The Morgan fingerprint density at radius 3 is 2.29 bits per heavy atom. The van der Waals surface area contributed by atoms with Crippen molar-refractivity contribution < 1.29 is 0 Å². The highest BCUT2D eigenvalue weighted by atomic mass is 16.1. The van der Waals surface area contributed by atoms with Gasteiger partial charge < -0.3 is 9.80 Å². The molecule has 31 heavy (non-hydrogen) atoms. The summed E-state index contributed by atoms with van der Waals surface area (Å²) in [6.07, 6.45) is 1.72. The highest BCUT2D eigenvalue weighted by Gasteiger charge is 2.22. The van der Waals surface area contributed by atoms with Gasteiger partial charge in [0.15, 0.2) is 5.82 Å². The minimum Gasteiger partial charge on any atom is -0.352 e. The van der Waals surface area contributed by atoms with Crippen molar-refractivity contribution in [2.24, 2.45) is 0 Å². The van der Waals surface area contributed by atoms with Crippen molar-refractivity contribution in [3.8, 4) is 0 Å². The normalized spacial score (nSPS) is 14.2. The van der Waals surface area contributed by atoms with E-state index >= 15 is 0 Å². The van der Waals surface area contributed by atoms with Crippen molar-refractivity contribution in [1.82, 2.24) is 24.7 Å². The molecule has 8 heteroatoms. The van der Waals surface area contributed by atoms with Crippen LogP contribution in [0.4, 0.5) is 11.6 Å². The van der Waals surface area contributed by atoms with Gasteiger partial charge in [-0.15, -0.1) is 0 Å². The van der Waals surface area contributed by atoms with E-state index in [-0.39, 0.29) is 5.56 Å². The molecule has 1 saturated heterocycles. The molecule has 3 aromatic heterocycles. The Balaban J connectivity index is 1.32. The molecule has 0 radical (unpaired) electrons. The first-order chi connectivity index (χ1) is 15.2. The zero-order valence-electron chi connectivity index (χ0n) is 17.3. The molecular formula is C23H23N7O. The van der Waals surface area contributed by atoms with Crippen LogP contribution in [-0.2, 0) is 6.54 Å². The molecule has 0 aliphatic carbocycles. The third-order valence-corrected chi connectivity index (χ3v) is 5.51. The van der Waals surface area contributed by atoms with Gasteiger partial charge in [-0.1, -0.05) is 18.2 Å². The van der Waals surface area contributed by atoms with Crippen molar-refractivity contribution in [2.45, 2.75) is 13.5 Å². The van der Waals surface area contributed by atoms with Crippen molar-refractivity contribution >= 4 is 22.7 Å². The van der Waals surface area contributed by atoms with Crippen molar-refractivity contribution in [3.05, 3.63) is 82.5 Å². The third kappa shape index (κ3) is 3.96. The monoisotopic (exact) mass is 413 g/mol. The van der Waals surface area contributed by atoms with Gasteiger partial charge in [0.05, 0.1) is 29.0 Å². The second kappa shape index (κ2) is 8.14. The van der Waals surface area contributed by atoms with Gasteiger partial charge in [-0.25, -0.2) is 14.6 Å². The van der Waals surface area contributed by atoms with Crippen LogP contribution in [0, 0.1) is 6.92 Å². The number of nitrogens with zero attached hydrogens (tertiary/aromatic N) is 7. The van der Waals surface area contributed by atoms with Crippen LogP contribution >= 0.6 is 0 Å². The van der Waals surface area contributed by atoms with Gasteiger partial charge in [0.1, 0.15) is 5.82 Å². The number of hydrogen-bond acceptors (Lipinski definition) is 7. The number of piperazine rings is 1. The number of anilines is 2. The van der Waals surface area contributed by atoms with Gasteiger partial charge in [-0.05, 0) is 37.3 Å². The summed E-state index contributed by atoms with van der Waals surface area (Å²) in [6.45, 7) is 5.59. The number of hydrogen-bond donors (Lipinski definition) is 0. The second-order valence-electron chi connectivity index (χ2n) is 7.60. The quantitative estimate of drug-likeness (QED) is 0.508. The summed E-state index contributed by atoms with van der Waals surface area (Å²) >= 11 is 0. The zero-order chi connectivity index (χ0) is 21.2. The predicted octanol–water partition coefficient (Wildman–Crippen LogP) is 2.26. The average Bonchev–Trinajstić information content (AvgIpc) is 2.81. The van der Waals surface area contributed by atoms with Gasteiger partial charge in [-0.3, -0.25) is 9.78 Å². The molecule has 0 amide bonds. The van der Waals surface area contributed by atoms with E-state index in [1.54, 1.807) is 18.3 Å². The predicted molar refractivity (Wildman–Crippen MR) is 121 cm³/mol. The maximum atomic E-state index is 12.3. The summed E-state index contributed by atoms with van der Waals surface area (Å²) in [5.74, 6) is 1.74. The lowest BCUT2D eigenvalue weighted by atomic mass is 10.2. The molecule has 1 aliphatic heterocycles. The topological polar surface area (TPSA) is 80.0 Å². The SMILES string of the molecule is Cc1nc2ccccc2nc1N1CCN(c2ccc(=O)n(Cc3ccccn3)n2)CC1. The van der Waals surface area contributed by atoms with Gasteiger partial charge in [0.2, 0.25) is 0 Å². The van der Waals surface area contributed by atoms with Crippen molar-refractivity contribution in [3.63, 3.8) is 0 Å². The smallest absolute Gasteiger partial charge is 0.267 e. The highest BCUT2D eigenvalue weighted by Crippen LogP contribution is 2.22. The fraction of sp³-hybridized carbons (Fsp3) is 0.261. The molecule has 1 aliphatic rings. The average molecular weight is 413 g/mol. The first-order valence-electron chi connectivity index (χ1n) is 10.4. The van der Waals surface area contributed by atoms with E-state index in [4.69, 9.17) is 9.97 Å². The van der Waals surface area contributed by atoms with E-state index in [1.165, 1.54) is 4.68 Å². The van der Waals surface area contributed by atoms with E-state index in [0.29, 0.717) is 6.54 Å².